The zero-order chi connectivity index (χ0) is 94.5. The summed E-state index contributed by atoms with van der Waals surface area (Å²) in [5, 5.41) is 27.6. The number of carboxylic acid groups (broad SMARTS) is 1. The second-order valence-corrected chi connectivity index (χ2v) is 31.5. The van der Waals surface area contributed by atoms with Gasteiger partial charge in [0.2, 0.25) is 0 Å². The van der Waals surface area contributed by atoms with Gasteiger partial charge >= 0.3 is 60.1 Å². The lowest BCUT2D eigenvalue weighted by Gasteiger charge is -2.19. The molecule has 7 amide bonds. The summed E-state index contributed by atoms with van der Waals surface area (Å²) in [6.07, 6.45) is 15.1. The number of nitrogen functional groups attached to an aromatic ring is 1. The van der Waals surface area contributed by atoms with Crippen LogP contribution in [0.2, 0.25) is 0 Å². The van der Waals surface area contributed by atoms with Crippen LogP contribution in [0.5, 0.6) is 17.2 Å². The standard InChI is InChI=1S/2C24H29N5O7.C19H21N5O5.C17H22N4O5.ClH/c2*1-24(2,3)36-23(33)26-15-8-17(27(4)12-15)20(30)25-14-9-18(28(5)11-14)22(32)35-16-10-19(21(31)34-7)29(6)13-16;1-22-8-11(20)5-14(22)17(25)21-12-6-15(23(2)9-12)19(27)29-13-7-16(18(26)28-4)24(3)10-13;1-17(2,3)26-16(25)19-11-6-12(20(4)9-11)14(22)18-10-7-13(15(23)24)21(5)8-10;/h2*8-13H,1-7H3,(H,25,30)(H,26,33);5-10H,20H2,1-4H3,(H,21,25);6-9H,1-5H3,(H,18,22)(H,19,25)(H,23,24);1H. The van der Waals surface area contributed by atoms with Crippen LogP contribution in [0.1, 0.15) is 178 Å². The molecule has 0 radical (unpaired) electrons. The van der Waals surface area contributed by atoms with E-state index in [1.165, 1.54) is 139 Å². The van der Waals surface area contributed by atoms with Crippen LogP contribution in [0, 0.1) is 0 Å². The first kappa shape index (κ1) is 99.3. The Balaban J connectivity index is 0.000000235. The van der Waals surface area contributed by atoms with Crippen LogP contribution in [0.3, 0.4) is 0 Å². The van der Waals surface area contributed by atoms with Crippen molar-refractivity contribution in [2.75, 3.05) is 64.3 Å². The molecule has 11 rings (SSSR count). The van der Waals surface area contributed by atoms with E-state index in [1.54, 1.807) is 208 Å². The molecule has 11 heterocycles. The third-order valence-corrected chi connectivity index (χ3v) is 17.6. The van der Waals surface area contributed by atoms with E-state index in [9.17, 15) is 67.1 Å². The Morgan fingerprint density at radius 3 is 0.664 bits per heavy atom. The Morgan fingerprint density at radius 1 is 0.266 bits per heavy atom. The number of carbonyl (C=O) groups is 14. The minimum atomic E-state index is -1.09. The molecular formula is C84H102ClN19O24. The molecule has 44 heteroatoms. The zero-order valence-electron chi connectivity index (χ0n) is 74.4. The number of hydrogen-bond donors (Lipinski definition) is 9. The maximum absolute atomic E-state index is 12.8. The normalized spacial score (nSPS) is 10.9. The minimum absolute atomic E-state index is 0. The summed E-state index contributed by atoms with van der Waals surface area (Å²) < 4.78 is 62.4. The van der Waals surface area contributed by atoms with Crippen LogP contribution in [0.25, 0.3) is 0 Å². The van der Waals surface area contributed by atoms with E-state index < -0.39 is 94.6 Å². The molecule has 0 saturated carbocycles. The number of rotatable bonds is 21. The van der Waals surface area contributed by atoms with E-state index in [4.69, 9.17) is 48.7 Å². The molecule has 0 unspecified atom stereocenters. The highest BCUT2D eigenvalue weighted by Gasteiger charge is 2.28. The lowest BCUT2D eigenvalue weighted by Crippen LogP contribution is -2.27. The highest BCUT2D eigenvalue weighted by atomic mass is 35.5. The van der Waals surface area contributed by atoms with Crippen molar-refractivity contribution in [2.45, 2.75) is 79.1 Å². The summed E-state index contributed by atoms with van der Waals surface area (Å²) in [5.41, 5.74) is 9.46. The molecule has 0 aromatic carbocycles. The molecule has 0 bridgehead atoms. The summed E-state index contributed by atoms with van der Waals surface area (Å²) in [6.45, 7) is 15.8. The van der Waals surface area contributed by atoms with Gasteiger partial charge in [0.15, 0.2) is 0 Å². The summed E-state index contributed by atoms with van der Waals surface area (Å²) in [5.74, 6) is -5.91. The molecule has 0 fully saturated rings. The third-order valence-electron chi connectivity index (χ3n) is 17.6. The van der Waals surface area contributed by atoms with Crippen LogP contribution in [0.15, 0.2) is 135 Å². The summed E-state index contributed by atoms with van der Waals surface area (Å²) in [4.78, 5) is 170. The van der Waals surface area contributed by atoms with Crippen molar-refractivity contribution in [3.63, 3.8) is 0 Å². The molecule has 128 heavy (non-hydrogen) atoms. The SMILES string of the molecule is COC(=O)c1cc(OC(=O)c2cc(NC(=O)c3cc(N)cn3C)cn2C)cn1C.COC(=O)c1cc(OC(=O)c2cc(NC(=O)c3cc(NC(=O)OC(C)(C)C)cn3C)cn2C)cn1C.COC(=O)c1cc(OC(=O)c2cc(NC(=O)c3cc(NC(=O)OC(C)(C)C)cn3C)cn2C)cn1C.Cl.Cn1cc(NC(=O)c2cc(NC(=O)OC(C)(C)C)cn2C)cc1C(=O)O. The zero-order valence-corrected chi connectivity index (χ0v) is 75.3. The first-order valence-electron chi connectivity index (χ1n) is 38.2. The molecule has 0 aliphatic rings. The average Bonchev–Trinajstić information content (AvgIpc) is 1.67. The molecule has 0 aliphatic carbocycles. The number of halogens is 1. The number of methoxy groups -OCH3 is 3. The number of anilines is 8. The van der Waals surface area contributed by atoms with Crippen molar-refractivity contribution in [1.82, 2.24) is 50.2 Å². The van der Waals surface area contributed by atoms with Gasteiger partial charge in [0, 0.05) is 164 Å². The van der Waals surface area contributed by atoms with Crippen LogP contribution >= 0.6 is 12.4 Å². The lowest BCUT2D eigenvalue weighted by atomic mass is 10.2. The number of aromatic nitrogens is 11. The first-order chi connectivity index (χ1) is 59.2. The topological polar surface area (TPSA) is 507 Å². The van der Waals surface area contributed by atoms with Crippen LogP contribution < -0.4 is 57.2 Å². The van der Waals surface area contributed by atoms with E-state index in [0.29, 0.717) is 51.2 Å². The van der Waals surface area contributed by atoms with Crippen LogP contribution in [0.4, 0.5) is 59.9 Å². The number of nitrogens with zero attached hydrogens (tertiary/aromatic N) is 11. The van der Waals surface area contributed by atoms with Gasteiger partial charge in [-0.05, 0) is 111 Å². The number of carboxylic acids is 1. The van der Waals surface area contributed by atoms with Crippen molar-refractivity contribution in [3.8, 4) is 17.2 Å². The van der Waals surface area contributed by atoms with Gasteiger partial charge in [0.1, 0.15) is 96.7 Å². The number of esters is 6. The highest BCUT2D eigenvalue weighted by molar-refractivity contribution is 6.08. The van der Waals surface area contributed by atoms with Gasteiger partial charge < -0.3 is 125 Å². The van der Waals surface area contributed by atoms with Crippen molar-refractivity contribution in [2.24, 2.45) is 77.5 Å². The molecule has 10 N–H and O–H groups in total. The number of aromatic carboxylic acids is 1. The maximum atomic E-state index is 12.8. The quantitative estimate of drug-likeness (QED) is 0.0238. The van der Waals surface area contributed by atoms with E-state index in [1.807, 2.05) is 0 Å². The Hall–Kier alpha value is -15.9. The molecule has 0 saturated heterocycles. The second-order valence-electron chi connectivity index (χ2n) is 31.5. The second kappa shape index (κ2) is 41.1. The highest BCUT2D eigenvalue weighted by Crippen LogP contribution is 2.28. The van der Waals surface area contributed by atoms with Gasteiger partial charge in [0.25, 0.3) is 23.6 Å². The smallest absolute Gasteiger partial charge is 0.412 e. The largest absolute Gasteiger partial charge is 0.477 e. The molecule has 11 aromatic heterocycles. The Morgan fingerprint density at radius 2 is 0.453 bits per heavy atom. The van der Waals surface area contributed by atoms with Crippen molar-refractivity contribution >= 4 is 142 Å². The minimum Gasteiger partial charge on any atom is -0.477 e. The van der Waals surface area contributed by atoms with Crippen molar-refractivity contribution in [3.05, 3.63) is 198 Å². The lowest BCUT2D eigenvalue weighted by molar-refractivity contribution is 0.0581. The predicted octanol–water partition coefficient (Wildman–Crippen LogP) is 11.2. The monoisotopic (exact) mass is 1800 g/mol. The van der Waals surface area contributed by atoms with E-state index >= 15 is 0 Å². The number of carbonyl (C=O) groups excluding carboxylic acids is 13. The molecular weight excluding hydrogens is 1690 g/mol. The van der Waals surface area contributed by atoms with Gasteiger partial charge in [-0.25, -0.2) is 47.9 Å². The van der Waals surface area contributed by atoms with E-state index in [0.717, 1.165) is 0 Å². The number of nitrogens with two attached hydrogens (primary N) is 1. The molecule has 684 valence electrons. The molecule has 0 spiro atoms. The van der Waals surface area contributed by atoms with Crippen molar-refractivity contribution in [1.29, 1.82) is 0 Å². The van der Waals surface area contributed by atoms with Crippen molar-refractivity contribution < 1.29 is 115 Å². The van der Waals surface area contributed by atoms with E-state index in [-0.39, 0.29) is 92.5 Å². The van der Waals surface area contributed by atoms with Gasteiger partial charge in [-0.15, -0.1) is 12.4 Å². The first-order valence-corrected chi connectivity index (χ1v) is 38.2. The van der Waals surface area contributed by atoms with E-state index in [2.05, 4.69) is 42.0 Å². The molecule has 0 aliphatic heterocycles. The summed E-state index contributed by atoms with van der Waals surface area (Å²) in [7, 11) is 21.8. The maximum Gasteiger partial charge on any atom is 0.412 e. The average molecular weight is 1800 g/mol. The van der Waals surface area contributed by atoms with Crippen LogP contribution in [-0.2, 0) is 106 Å². The third kappa shape index (κ3) is 26.8. The number of amides is 7. The predicted molar refractivity (Wildman–Crippen MR) is 468 cm³/mol. The van der Waals surface area contributed by atoms with Gasteiger partial charge in [0.05, 0.1) is 66.8 Å². The molecule has 0 atom stereocenters. The van der Waals surface area contributed by atoms with Crippen LogP contribution in [-0.4, -0.2) is 177 Å². The fraction of sp³-hybridized carbons (Fsp3) is 0.310. The summed E-state index contributed by atoms with van der Waals surface area (Å²) >= 11 is 0. The summed E-state index contributed by atoms with van der Waals surface area (Å²) in [6, 6.07) is 16.1. The number of ether oxygens (including phenoxy) is 9. The number of hydrogen-bond acceptors (Lipinski definition) is 24. The number of aryl methyl sites for hydroxylation is 11. The van der Waals surface area contributed by atoms with Gasteiger partial charge in [-0.1, -0.05) is 0 Å². The number of nitrogens with one attached hydrogen (secondary N) is 7. The Kier molecular flexibility index (Phi) is 31.9. The fourth-order valence-corrected chi connectivity index (χ4v) is 12.0. The Labute approximate surface area is 739 Å². The molecule has 43 nitrogen and oxygen atoms in total. The van der Waals surface area contributed by atoms with Gasteiger partial charge in [-0.2, -0.15) is 0 Å². The van der Waals surface area contributed by atoms with Gasteiger partial charge in [-0.3, -0.25) is 35.1 Å². The Bertz CT molecular complexity index is 5850. The molecule has 11 aromatic rings. The fourth-order valence-electron chi connectivity index (χ4n) is 12.0.